The second kappa shape index (κ2) is 11.7. The van der Waals surface area contributed by atoms with Gasteiger partial charge in [0.2, 0.25) is 0 Å². The molecule has 62 valence electrons. The van der Waals surface area contributed by atoms with E-state index in [-0.39, 0.29) is 58.2 Å². The molecule has 0 unspecified atom stereocenters. The zero-order valence-electron chi connectivity index (χ0n) is 8.26. The molecule has 0 bridgehead atoms. The van der Waals surface area contributed by atoms with Gasteiger partial charge >= 0.3 is 58.2 Å². The third-order valence-corrected chi connectivity index (χ3v) is 1.42. The van der Waals surface area contributed by atoms with E-state index < -0.39 is 0 Å². The zero-order chi connectivity index (χ0) is 7.82. The summed E-state index contributed by atoms with van der Waals surface area (Å²) in [5.74, 6) is 0. The van der Waals surface area contributed by atoms with Gasteiger partial charge in [0.15, 0.2) is 0 Å². The number of hydrogen-bond donors (Lipinski definition) is 0. The van der Waals surface area contributed by atoms with Crippen LogP contribution in [0.15, 0.2) is 0 Å². The molecule has 0 spiro atoms. The molecule has 0 aromatic heterocycles. The molecule has 0 N–H and O–H groups in total. The first-order chi connectivity index (χ1) is 4.93. The van der Waals surface area contributed by atoms with E-state index in [0.717, 1.165) is 26.2 Å². The molecule has 1 fully saturated rings. The molecule has 11 heavy (non-hydrogen) atoms. The fourth-order valence-electron chi connectivity index (χ4n) is 0.802. The molecule has 0 radical (unpaired) electrons. The van der Waals surface area contributed by atoms with Gasteiger partial charge in [-0.05, 0) is 6.54 Å². The summed E-state index contributed by atoms with van der Waals surface area (Å²) >= 11 is 0. The molecule has 0 saturated carbocycles. The maximum Gasteiger partial charge on any atom is 1.00 e. The monoisotopic (exact) mass is 229 g/mol. The van der Waals surface area contributed by atoms with Crippen LogP contribution in [-0.4, -0.2) is 31.1 Å². The van der Waals surface area contributed by atoms with Crippen LogP contribution >= 0.6 is 0 Å². The van der Waals surface area contributed by atoms with Gasteiger partial charge in [0.25, 0.3) is 0 Å². The Kier molecular flexibility index (Phi) is 16.2. The van der Waals surface area contributed by atoms with Crippen molar-refractivity contribution in [2.24, 2.45) is 0 Å². The summed E-state index contributed by atoms with van der Waals surface area (Å²) in [5.41, 5.74) is 0. The second-order valence-corrected chi connectivity index (χ2v) is 1.93. The van der Waals surface area contributed by atoms with Crippen LogP contribution in [0.1, 0.15) is 20.8 Å². The third kappa shape index (κ3) is 8.07. The molecule has 1 heterocycles. The van der Waals surface area contributed by atoms with Gasteiger partial charge in [0, 0.05) is 13.2 Å². The van der Waals surface area contributed by atoms with Crippen molar-refractivity contribution >= 4 is 0 Å². The van der Waals surface area contributed by atoms with Crippen LogP contribution in [0.5, 0.6) is 0 Å². The Morgan fingerprint density at radius 1 is 1.45 bits per heavy atom. The molecule has 0 aromatic rings. The van der Waals surface area contributed by atoms with E-state index >= 15 is 0 Å². The SMILES string of the molecule is CC.CCN1C[CH-]OCC1.[Rb+]. The van der Waals surface area contributed by atoms with Crippen molar-refractivity contribution in [2.45, 2.75) is 20.8 Å². The van der Waals surface area contributed by atoms with Gasteiger partial charge in [-0.15, -0.1) is 6.54 Å². The van der Waals surface area contributed by atoms with Gasteiger partial charge in [-0.2, -0.15) is 6.61 Å². The Hall–Kier alpha value is 1.73. The van der Waals surface area contributed by atoms with Crippen molar-refractivity contribution < 1.29 is 62.9 Å². The van der Waals surface area contributed by atoms with E-state index in [4.69, 9.17) is 4.74 Å². The first kappa shape index (κ1) is 15.2. The number of hydrogen-bond acceptors (Lipinski definition) is 2. The van der Waals surface area contributed by atoms with Gasteiger partial charge < -0.3 is 9.64 Å². The van der Waals surface area contributed by atoms with Gasteiger partial charge in [-0.25, -0.2) is 0 Å². The average Bonchev–Trinajstić information content (AvgIpc) is 2.10. The van der Waals surface area contributed by atoms with Gasteiger partial charge in [0.1, 0.15) is 0 Å². The van der Waals surface area contributed by atoms with Gasteiger partial charge in [0.05, 0.1) is 0 Å². The number of rotatable bonds is 1. The normalized spacial score (nSPS) is 17.7. The van der Waals surface area contributed by atoms with E-state index in [1.807, 2.05) is 20.5 Å². The second-order valence-electron chi connectivity index (χ2n) is 1.93. The predicted molar refractivity (Wildman–Crippen MR) is 43.7 cm³/mol. The molecule has 0 aliphatic carbocycles. The average molecular weight is 230 g/mol. The molecule has 1 saturated heterocycles. The summed E-state index contributed by atoms with van der Waals surface area (Å²) in [5, 5.41) is 0. The van der Waals surface area contributed by atoms with Crippen molar-refractivity contribution in [3.8, 4) is 0 Å². The van der Waals surface area contributed by atoms with Crippen LogP contribution < -0.4 is 58.2 Å². The first-order valence-corrected chi connectivity index (χ1v) is 4.09. The molecule has 2 nitrogen and oxygen atoms in total. The van der Waals surface area contributed by atoms with Crippen molar-refractivity contribution in [1.82, 2.24) is 4.90 Å². The topological polar surface area (TPSA) is 12.5 Å². The third-order valence-electron chi connectivity index (χ3n) is 1.42. The van der Waals surface area contributed by atoms with E-state index in [2.05, 4.69) is 11.8 Å². The molecular weight excluding hydrogens is 212 g/mol. The zero-order valence-corrected chi connectivity index (χ0v) is 13.2. The number of morpholine rings is 1. The van der Waals surface area contributed by atoms with E-state index in [9.17, 15) is 0 Å². The summed E-state index contributed by atoms with van der Waals surface area (Å²) in [6, 6.07) is 0. The fraction of sp³-hybridized carbons (Fsp3) is 0.875. The Labute approximate surface area is 119 Å². The molecular formula is C8H18NORb. The Balaban J connectivity index is 0. The van der Waals surface area contributed by atoms with Crippen LogP contribution in [0.2, 0.25) is 0 Å². The molecule has 0 aromatic carbocycles. The van der Waals surface area contributed by atoms with Crippen molar-refractivity contribution in [3.63, 3.8) is 0 Å². The number of likely N-dealkylation sites (N-methyl/N-ethyl adjacent to an activating group) is 1. The van der Waals surface area contributed by atoms with Crippen LogP contribution in [0.25, 0.3) is 0 Å². The Morgan fingerprint density at radius 3 is 2.36 bits per heavy atom. The van der Waals surface area contributed by atoms with Crippen molar-refractivity contribution in [1.29, 1.82) is 0 Å². The van der Waals surface area contributed by atoms with Gasteiger partial charge in [-0.1, -0.05) is 20.8 Å². The van der Waals surface area contributed by atoms with Gasteiger partial charge in [-0.3, -0.25) is 0 Å². The first-order valence-electron chi connectivity index (χ1n) is 4.09. The van der Waals surface area contributed by atoms with E-state index in [0.29, 0.717) is 0 Å². The molecule has 1 aliphatic rings. The van der Waals surface area contributed by atoms with Crippen LogP contribution in [-0.2, 0) is 4.74 Å². The van der Waals surface area contributed by atoms with Crippen molar-refractivity contribution in [2.75, 3.05) is 26.2 Å². The predicted octanol–water partition coefficient (Wildman–Crippen LogP) is -1.47. The number of nitrogens with zero attached hydrogens (tertiary/aromatic N) is 1. The van der Waals surface area contributed by atoms with Crippen molar-refractivity contribution in [3.05, 3.63) is 6.61 Å². The fourth-order valence-corrected chi connectivity index (χ4v) is 0.802. The molecule has 3 heteroatoms. The Bertz CT molecular complexity index is 65.1. The smallest absolute Gasteiger partial charge is 0.550 e. The summed E-state index contributed by atoms with van der Waals surface area (Å²) in [4.78, 5) is 2.34. The standard InChI is InChI=1S/C6H12NO.C2H6.Rb/c1-2-7-3-5-8-6-4-7;1-2;/h5H,2-4,6H2,1H3;1-2H3;/q-1;;+1. The largest absolute Gasteiger partial charge is 1.00 e. The minimum Gasteiger partial charge on any atom is -0.550 e. The summed E-state index contributed by atoms with van der Waals surface area (Å²) in [6.45, 7) is 12.1. The molecule has 1 aliphatic heterocycles. The summed E-state index contributed by atoms with van der Waals surface area (Å²) in [7, 11) is 0. The molecule has 0 amide bonds. The maximum absolute atomic E-state index is 5.03. The quantitative estimate of drug-likeness (QED) is 0.510. The van der Waals surface area contributed by atoms with E-state index in [1.54, 1.807) is 0 Å². The molecule has 0 atom stereocenters. The summed E-state index contributed by atoms with van der Waals surface area (Å²) in [6.07, 6.45) is 0. The van der Waals surface area contributed by atoms with Crippen LogP contribution in [0.4, 0.5) is 0 Å². The van der Waals surface area contributed by atoms with Crippen LogP contribution in [0.3, 0.4) is 0 Å². The van der Waals surface area contributed by atoms with E-state index in [1.165, 1.54) is 0 Å². The molecule has 1 rings (SSSR count). The Morgan fingerprint density at radius 2 is 2.09 bits per heavy atom. The maximum atomic E-state index is 5.03. The number of ether oxygens (including phenoxy) is 1. The summed E-state index contributed by atoms with van der Waals surface area (Å²) < 4.78 is 5.03. The van der Waals surface area contributed by atoms with Crippen LogP contribution in [0, 0.1) is 6.61 Å². The minimum absolute atomic E-state index is 0. The minimum atomic E-state index is 0.